The minimum Gasteiger partial charge on any atom is -0.343 e. The lowest BCUT2D eigenvalue weighted by Crippen LogP contribution is -2.38. The normalized spacial score (nSPS) is 11.9. The third-order valence-corrected chi connectivity index (χ3v) is 6.09. The van der Waals surface area contributed by atoms with Crippen LogP contribution >= 0.6 is 0 Å². The number of benzene rings is 1. The lowest BCUT2D eigenvalue weighted by atomic mass is 9.56. The van der Waals surface area contributed by atoms with Gasteiger partial charge in [0.2, 0.25) is 6.39 Å². The number of rotatable bonds is 1. The molecule has 0 radical (unpaired) electrons. The summed E-state index contributed by atoms with van der Waals surface area (Å²) in [4.78, 5) is 25.6. The van der Waals surface area contributed by atoms with Crippen molar-refractivity contribution in [1.29, 1.82) is 0 Å². The van der Waals surface area contributed by atoms with Gasteiger partial charge in [-0.15, -0.1) is 0 Å². The van der Waals surface area contributed by atoms with Gasteiger partial charge in [-0.25, -0.2) is 19.9 Å². The summed E-state index contributed by atoms with van der Waals surface area (Å²) < 4.78 is 4.22. The van der Waals surface area contributed by atoms with Gasteiger partial charge in [0.05, 0.1) is 0 Å². The monoisotopic (exact) mass is 1050 g/mol. The molecular formula is C63H112N12O. The van der Waals surface area contributed by atoms with Gasteiger partial charge in [-0.1, -0.05) is 201 Å². The molecule has 1 aromatic carbocycles. The minimum absolute atomic E-state index is 0.659. The first-order chi connectivity index (χ1) is 35.9. The average molecular weight is 1050 g/mol. The third kappa shape index (κ3) is 113. The Morgan fingerprint density at radius 2 is 0.684 bits per heavy atom. The summed E-state index contributed by atoms with van der Waals surface area (Å²) >= 11 is 0. The van der Waals surface area contributed by atoms with Gasteiger partial charge < -0.3 is 4.52 Å². The molecule has 10 rings (SSSR count). The molecule has 13 nitrogen and oxygen atoms in total. The molecule has 2 bridgehead atoms. The summed E-state index contributed by atoms with van der Waals surface area (Å²) in [7, 11) is 0. The standard InChI is InChI=1S/C9H12.C5H5N.C5H8.3C4H4N2.7C4H10.C2H3N3.C2H2N2O/c1-8(2)9-6-4-3-5-7-9;1-2-4-6-5-3-1;1-4-2-5(1)3-4;1-2-6-4-3-5-1;1-2-5-4-6-3-1;1-2-4-6-5-3-1;7*1-4(2)3;2*1-3-2-5-4-1/h3-8H,1-2H3;1-5H;4-5H,1-3H2;3*1-4H;7*4H,1-3H3;1-2H,(H,3,4,5);1-2H. The number of hydrogen-bond donors (Lipinski definition) is 1. The number of hydrogen-bond acceptors (Lipinski definition) is 12. The summed E-state index contributed by atoms with van der Waals surface area (Å²) in [6.45, 7) is 49.9. The van der Waals surface area contributed by atoms with E-state index in [1.807, 2.05) is 36.4 Å². The van der Waals surface area contributed by atoms with Crippen LogP contribution in [0.25, 0.3) is 0 Å². The van der Waals surface area contributed by atoms with Crippen LogP contribution < -0.4 is 0 Å². The molecule has 7 aromatic rings. The molecule has 13 heteroatoms. The summed E-state index contributed by atoms with van der Waals surface area (Å²) in [6.07, 6.45) is 28.5. The molecule has 0 aliphatic heterocycles. The highest BCUT2D eigenvalue weighted by atomic mass is 16.5. The molecule has 0 saturated heterocycles. The van der Waals surface area contributed by atoms with Gasteiger partial charge in [-0.05, 0) is 114 Å². The highest BCUT2D eigenvalue weighted by Gasteiger charge is 2.41. The van der Waals surface area contributed by atoms with Crippen LogP contribution in [0.4, 0.5) is 0 Å². The fourth-order valence-electron chi connectivity index (χ4n) is 3.42. The van der Waals surface area contributed by atoms with Crippen LogP contribution in [0.3, 0.4) is 0 Å². The van der Waals surface area contributed by atoms with Gasteiger partial charge in [0.1, 0.15) is 19.0 Å². The summed E-state index contributed by atoms with van der Waals surface area (Å²) in [5.41, 5.74) is 1.41. The Hall–Kier alpha value is -6.11. The van der Waals surface area contributed by atoms with Crippen LogP contribution in [0.2, 0.25) is 0 Å². The van der Waals surface area contributed by atoms with Crippen molar-refractivity contribution in [3.8, 4) is 0 Å². The summed E-state index contributed by atoms with van der Waals surface area (Å²) in [5, 5.41) is 16.3. The predicted molar refractivity (Wildman–Crippen MR) is 326 cm³/mol. The van der Waals surface area contributed by atoms with E-state index in [1.54, 1.807) is 87.3 Å². The van der Waals surface area contributed by atoms with E-state index in [0.29, 0.717) is 5.92 Å². The van der Waals surface area contributed by atoms with Crippen LogP contribution in [0.5, 0.6) is 0 Å². The molecular weight excluding hydrogens is 941 g/mol. The van der Waals surface area contributed by atoms with E-state index >= 15 is 0 Å². The largest absolute Gasteiger partial charge is 0.343 e. The molecule has 1 N–H and O–H groups in total. The topological polar surface area (TPSA) is 171 Å². The second-order valence-corrected chi connectivity index (χ2v) is 22.1. The van der Waals surface area contributed by atoms with Gasteiger partial charge >= 0.3 is 0 Å². The maximum atomic E-state index is 4.22. The van der Waals surface area contributed by atoms with Crippen molar-refractivity contribution >= 4 is 0 Å². The maximum Gasteiger partial charge on any atom is 0.213 e. The third-order valence-electron chi connectivity index (χ3n) is 6.09. The highest BCUT2D eigenvalue weighted by Crippen LogP contribution is 2.52. The van der Waals surface area contributed by atoms with Crippen LogP contribution in [0, 0.1) is 53.3 Å². The second-order valence-electron chi connectivity index (χ2n) is 22.1. The molecule has 3 aliphatic rings. The van der Waals surface area contributed by atoms with Gasteiger partial charge in [0.25, 0.3) is 0 Å². The molecule has 430 valence electrons. The number of aromatic nitrogens is 12. The van der Waals surface area contributed by atoms with Crippen molar-refractivity contribution in [1.82, 2.24) is 60.4 Å². The molecule has 6 heterocycles. The number of nitrogens with one attached hydrogen (secondary N) is 1. The minimum atomic E-state index is 0.659. The van der Waals surface area contributed by atoms with E-state index in [0.717, 1.165) is 41.4 Å². The van der Waals surface area contributed by atoms with Crippen molar-refractivity contribution in [3.05, 3.63) is 166 Å². The van der Waals surface area contributed by atoms with Crippen LogP contribution in [0.1, 0.15) is 190 Å². The maximum absolute atomic E-state index is 4.22. The van der Waals surface area contributed by atoms with E-state index in [4.69, 9.17) is 0 Å². The molecule has 0 atom stereocenters. The predicted octanol–water partition coefficient (Wildman–Crippen LogP) is 18.2. The number of aromatic amines is 1. The Bertz CT molecular complexity index is 1480. The van der Waals surface area contributed by atoms with Crippen molar-refractivity contribution in [2.45, 2.75) is 184 Å². The van der Waals surface area contributed by atoms with E-state index in [-0.39, 0.29) is 0 Å². The van der Waals surface area contributed by atoms with Gasteiger partial charge in [0, 0.05) is 62.0 Å². The summed E-state index contributed by atoms with van der Waals surface area (Å²) in [6, 6.07) is 21.7. The van der Waals surface area contributed by atoms with Crippen molar-refractivity contribution in [2.24, 2.45) is 53.3 Å². The molecule has 3 aliphatic carbocycles. The lowest BCUT2D eigenvalue weighted by molar-refractivity contribution is 0.0198. The van der Waals surface area contributed by atoms with E-state index in [9.17, 15) is 0 Å². The number of pyridine rings is 1. The zero-order valence-corrected chi connectivity index (χ0v) is 52.2. The molecule has 0 amide bonds. The molecule has 76 heavy (non-hydrogen) atoms. The fraction of sp³-hybridized carbons (Fsp3) is 0.571. The smallest absolute Gasteiger partial charge is 0.213 e. The zero-order chi connectivity index (χ0) is 59.0. The fourth-order valence-corrected chi connectivity index (χ4v) is 3.42. The number of H-pyrrole nitrogens is 1. The van der Waals surface area contributed by atoms with Crippen LogP contribution in [0.15, 0.2) is 165 Å². The molecule has 3 saturated carbocycles. The Kier molecular flexibility index (Phi) is 71.5. The second kappa shape index (κ2) is 66.9. The zero-order valence-electron chi connectivity index (χ0n) is 52.2. The van der Waals surface area contributed by atoms with E-state index in [2.05, 4.69) is 248 Å². The van der Waals surface area contributed by atoms with E-state index in [1.165, 1.54) is 49.1 Å². The molecule has 0 spiro atoms. The van der Waals surface area contributed by atoms with Crippen molar-refractivity contribution in [2.75, 3.05) is 0 Å². The molecule has 3 fully saturated rings. The average Bonchev–Trinajstić information content (AvgIpc) is 4.12. The Labute approximate surface area is 466 Å². The first kappa shape index (κ1) is 81.3. The van der Waals surface area contributed by atoms with Crippen LogP contribution in [-0.2, 0) is 0 Å². The Morgan fingerprint density at radius 3 is 0.803 bits per heavy atom. The van der Waals surface area contributed by atoms with Gasteiger partial charge in [-0.3, -0.25) is 20.1 Å². The molecule has 0 unspecified atom stereocenters. The first-order valence-electron chi connectivity index (χ1n) is 27.4. The number of nitrogens with zero attached hydrogens (tertiary/aromatic N) is 11. The van der Waals surface area contributed by atoms with Crippen LogP contribution in [-0.4, -0.2) is 60.4 Å². The highest BCUT2D eigenvalue weighted by molar-refractivity contribution is 5.17. The van der Waals surface area contributed by atoms with Crippen molar-refractivity contribution < 1.29 is 4.52 Å². The first-order valence-corrected chi connectivity index (χ1v) is 27.4. The van der Waals surface area contributed by atoms with Crippen molar-refractivity contribution in [3.63, 3.8) is 0 Å². The van der Waals surface area contributed by atoms with Gasteiger partial charge in [0.15, 0.2) is 6.33 Å². The van der Waals surface area contributed by atoms with E-state index < -0.39 is 0 Å². The van der Waals surface area contributed by atoms with Gasteiger partial charge in [-0.2, -0.15) is 15.3 Å². The Balaban J connectivity index is -0.000000174. The Morgan fingerprint density at radius 1 is 0.355 bits per heavy atom. The lowest BCUT2D eigenvalue weighted by Gasteiger charge is -2.49. The molecule has 6 aromatic heterocycles. The SMILES string of the molecule is C1C2CC1C2.CC(C)C.CC(C)C.CC(C)C.CC(C)C.CC(C)C.CC(C)C.CC(C)C.CC(C)c1ccccc1.c1ccncc1.c1ccnnc1.c1cnccn1.c1cncnc1.c1nc[nH]n1.c1ncon1. The quantitative estimate of drug-likeness (QED) is 0.165. The summed E-state index contributed by atoms with van der Waals surface area (Å²) in [5.74, 6) is 8.91.